The molecule has 5 N–H and O–H groups in total. The van der Waals surface area contributed by atoms with E-state index in [1.807, 2.05) is 49.8 Å². The molecule has 4 aromatic rings. The molecule has 1 aliphatic carbocycles. The summed E-state index contributed by atoms with van der Waals surface area (Å²) >= 11 is 6.81. The molecule has 1 fully saturated rings. The van der Waals surface area contributed by atoms with Gasteiger partial charge in [0.1, 0.15) is 31.3 Å². The predicted molar refractivity (Wildman–Crippen MR) is 237 cm³/mol. The number of phenolic OH excluding ortho intramolecular Hbond substituents is 1. The van der Waals surface area contributed by atoms with E-state index in [1.54, 1.807) is 19.3 Å². The Labute approximate surface area is 366 Å². The molecule has 1 aliphatic heterocycles. The maximum Gasteiger partial charge on any atom is 0.255 e. The summed E-state index contributed by atoms with van der Waals surface area (Å²) in [6, 6.07) is 14.9. The molecule has 1 unspecified atom stereocenters. The minimum atomic E-state index is -0.765. The lowest BCUT2D eigenvalue weighted by Crippen LogP contribution is -2.44. The van der Waals surface area contributed by atoms with Crippen LogP contribution in [-0.2, 0) is 36.9 Å². The maximum atomic E-state index is 13.2. The number of nitrogens with zero attached hydrogens (tertiary/aromatic N) is 3. The van der Waals surface area contributed by atoms with E-state index in [1.165, 1.54) is 40.9 Å². The van der Waals surface area contributed by atoms with Crippen molar-refractivity contribution in [3.8, 4) is 5.75 Å². The van der Waals surface area contributed by atoms with Crippen molar-refractivity contribution in [3.05, 3.63) is 93.8 Å². The van der Waals surface area contributed by atoms with Crippen LogP contribution in [0.3, 0.4) is 0 Å². The molecular weight excluding hydrogens is 825 g/mol. The van der Waals surface area contributed by atoms with Crippen molar-refractivity contribution in [2.45, 2.75) is 76.8 Å². The number of halogens is 2. The van der Waals surface area contributed by atoms with E-state index in [0.717, 1.165) is 85.3 Å². The number of anilines is 3. The summed E-state index contributed by atoms with van der Waals surface area (Å²) in [6.45, 7) is 1.72. The van der Waals surface area contributed by atoms with E-state index >= 15 is 0 Å². The molecular formula is C44H57ClFN7O7S. The Bertz CT molecular complexity index is 1950. The zero-order valence-corrected chi connectivity index (χ0v) is 36.5. The second kappa shape index (κ2) is 27.5. The smallest absolute Gasteiger partial charge is 0.255 e. The highest BCUT2D eigenvalue weighted by molar-refractivity contribution is 7.13. The summed E-state index contributed by atoms with van der Waals surface area (Å²) in [6.07, 6.45) is 12.1. The molecule has 0 radical (unpaired) electrons. The average molecular weight is 882 g/mol. The average Bonchev–Trinajstić information content (AvgIpc) is 3.91. The van der Waals surface area contributed by atoms with Crippen LogP contribution in [0, 0.1) is 11.2 Å². The van der Waals surface area contributed by atoms with Crippen molar-refractivity contribution in [1.82, 2.24) is 25.5 Å². The number of carbonyl (C=O) groups is 5. The predicted octanol–water partition coefficient (Wildman–Crippen LogP) is 7.14. The maximum absolute atomic E-state index is 13.2. The Balaban J connectivity index is 0.000000270. The fourth-order valence-corrected chi connectivity index (χ4v) is 7.54. The van der Waals surface area contributed by atoms with Gasteiger partial charge in [-0.25, -0.2) is 14.4 Å². The van der Waals surface area contributed by atoms with Gasteiger partial charge in [0.25, 0.3) is 5.91 Å². The molecule has 3 heterocycles. The molecule has 0 bridgehead atoms. The molecule has 1 saturated carbocycles. The van der Waals surface area contributed by atoms with Crippen molar-refractivity contribution >= 4 is 70.2 Å². The lowest BCUT2D eigenvalue weighted by atomic mass is 9.70. The van der Waals surface area contributed by atoms with Crippen molar-refractivity contribution in [2.75, 3.05) is 51.5 Å². The van der Waals surface area contributed by atoms with Gasteiger partial charge in [-0.3, -0.25) is 9.59 Å². The van der Waals surface area contributed by atoms with Gasteiger partial charge in [-0.15, -0.1) is 11.3 Å². The summed E-state index contributed by atoms with van der Waals surface area (Å²) in [4.78, 5) is 67.7. The number of fused-ring (bicyclic) bond motifs is 1. The number of aromatic hydroxyl groups is 1. The lowest BCUT2D eigenvalue weighted by molar-refractivity contribution is -0.133. The first-order chi connectivity index (χ1) is 29.6. The Kier molecular flexibility index (Phi) is 22.6. The number of thiazole rings is 1. The van der Waals surface area contributed by atoms with E-state index in [0.29, 0.717) is 38.1 Å². The zero-order chi connectivity index (χ0) is 44.5. The largest absolute Gasteiger partial charge is 0.505 e. The second-order valence-corrected chi connectivity index (χ2v) is 15.5. The number of hydrogen-bond donors (Lipinski definition) is 5. The number of phenols is 1. The van der Waals surface area contributed by atoms with Crippen LogP contribution in [-0.4, -0.2) is 97.6 Å². The van der Waals surface area contributed by atoms with Gasteiger partial charge in [-0.2, -0.15) is 0 Å². The molecule has 2 aromatic heterocycles. The minimum Gasteiger partial charge on any atom is -0.505 e. The van der Waals surface area contributed by atoms with Gasteiger partial charge in [0.15, 0.2) is 16.7 Å². The van der Waals surface area contributed by atoms with Gasteiger partial charge < -0.3 is 50.4 Å². The molecule has 2 aliphatic rings. The highest BCUT2D eigenvalue weighted by Crippen LogP contribution is 2.39. The summed E-state index contributed by atoms with van der Waals surface area (Å²) in [7, 11) is 5.55. The molecule has 61 heavy (non-hydrogen) atoms. The van der Waals surface area contributed by atoms with E-state index in [2.05, 4.69) is 26.3 Å². The SMILES string of the molecule is CNC.CNc1cccc2c1CN(C(C=O)CCC=O)C2=O.O=CCOCCCCNC(=O)C1(Cc2cccc(Nc3nccs3)n2)CCCCC1.Oc1cccc(Cl)c1F. The number of unbranched alkanes of at least 4 members (excludes halogenated alkanes) is 1. The Morgan fingerprint density at radius 2 is 1.77 bits per heavy atom. The first kappa shape index (κ1) is 50.1. The fraction of sp³-hybridized carbons (Fsp3) is 0.432. The van der Waals surface area contributed by atoms with E-state index < -0.39 is 17.6 Å². The molecule has 1 atom stereocenters. The van der Waals surface area contributed by atoms with Crippen LogP contribution < -0.4 is 21.3 Å². The highest BCUT2D eigenvalue weighted by atomic mass is 35.5. The first-order valence-corrected chi connectivity index (χ1v) is 21.5. The van der Waals surface area contributed by atoms with Crippen LogP contribution in [0.25, 0.3) is 0 Å². The van der Waals surface area contributed by atoms with E-state index in [9.17, 15) is 28.4 Å². The van der Waals surface area contributed by atoms with Crippen LogP contribution in [0.15, 0.2) is 66.2 Å². The summed E-state index contributed by atoms with van der Waals surface area (Å²) in [5.41, 5.74) is 2.97. The van der Waals surface area contributed by atoms with Gasteiger partial charge in [0.2, 0.25) is 5.91 Å². The molecule has 0 spiro atoms. The molecule has 14 nitrogen and oxygen atoms in total. The third-order valence-corrected chi connectivity index (χ3v) is 10.8. The first-order valence-electron chi connectivity index (χ1n) is 20.2. The van der Waals surface area contributed by atoms with E-state index in [-0.39, 0.29) is 35.3 Å². The third kappa shape index (κ3) is 15.9. The summed E-state index contributed by atoms with van der Waals surface area (Å²) in [5, 5.41) is 23.5. The molecule has 6 rings (SSSR count). The molecule has 0 saturated heterocycles. The van der Waals surface area contributed by atoms with Crippen molar-refractivity contribution in [2.24, 2.45) is 5.41 Å². The van der Waals surface area contributed by atoms with Crippen molar-refractivity contribution in [1.29, 1.82) is 0 Å². The number of benzene rings is 2. The molecule has 2 amide bonds. The van der Waals surface area contributed by atoms with Gasteiger partial charge in [0.05, 0.1) is 16.5 Å². The third-order valence-electron chi connectivity index (χ3n) is 9.81. The molecule has 330 valence electrons. The second-order valence-electron chi connectivity index (χ2n) is 14.2. The van der Waals surface area contributed by atoms with Crippen molar-refractivity contribution in [3.63, 3.8) is 0 Å². The summed E-state index contributed by atoms with van der Waals surface area (Å²) < 4.78 is 17.5. The van der Waals surface area contributed by atoms with Gasteiger partial charge in [-0.05, 0) is 82.6 Å². The van der Waals surface area contributed by atoms with Crippen LogP contribution >= 0.6 is 22.9 Å². The number of hydrogen-bond acceptors (Lipinski definition) is 13. The number of aromatic nitrogens is 2. The number of nitrogens with one attached hydrogen (secondary N) is 4. The number of aldehydes is 3. The number of carbonyl (C=O) groups excluding carboxylic acids is 5. The number of rotatable bonds is 18. The van der Waals surface area contributed by atoms with Crippen LogP contribution in [0.4, 0.5) is 21.0 Å². The molecule has 17 heteroatoms. The standard InChI is InChI=1S/C22H30N4O3S.C14H16N2O3.C6H4ClFO.C2H7N/c27-13-15-29-14-5-4-11-23-20(28)22(9-2-1-3-10-22)17-18-7-6-8-19(25-18)26-21-24-12-16-30-21;1-15-13-6-2-5-11-12(13)8-16(14(11)19)10(9-18)4-3-7-17;7-4-2-1-3-5(9)6(4)8;1-3-2/h6-8,12-13,16H,1-5,9-11,14-15,17H2,(H,23,28)(H,24,25,26);2,5-7,9-10,15H,3-4,8H2,1H3;1-3,9H;3H,1-2H3. The number of amides is 2. The van der Waals surface area contributed by atoms with Crippen molar-refractivity contribution < 1.29 is 38.2 Å². The summed E-state index contributed by atoms with van der Waals surface area (Å²) in [5.74, 6) is -0.433. The van der Waals surface area contributed by atoms with Gasteiger partial charge >= 0.3 is 0 Å². The Hall–Kier alpha value is -5.29. The van der Waals surface area contributed by atoms with Gasteiger partial charge in [0, 0.05) is 73.7 Å². The zero-order valence-electron chi connectivity index (χ0n) is 35.0. The number of ether oxygens (including phenoxy) is 1. The van der Waals surface area contributed by atoms with Gasteiger partial charge in [-0.1, -0.05) is 49.1 Å². The highest BCUT2D eigenvalue weighted by Gasteiger charge is 2.40. The van der Waals surface area contributed by atoms with Crippen LogP contribution in [0.5, 0.6) is 5.75 Å². The Morgan fingerprint density at radius 3 is 2.41 bits per heavy atom. The normalized spacial score (nSPS) is 14.0. The van der Waals surface area contributed by atoms with Crippen LogP contribution in [0.2, 0.25) is 5.02 Å². The van der Waals surface area contributed by atoms with E-state index in [4.69, 9.17) is 26.4 Å². The minimum absolute atomic E-state index is 0.0602. The fourth-order valence-electron chi connectivity index (χ4n) is 6.84. The Morgan fingerprint density at radius 1 is 1.03 bits per heavy atom. The van der Waals surface area contributed by atoms with Crippen LogP contribution in [0.1, 0.15) is 79.4 Å². The molecule has 2 aromatic carbocycles. The lowest BCUT2D eigenvalue weighted by Gasteiger charge is -2.35. The quantitative estimate of drug-likeness (QED) is 0.0502. The monoisotopic (exact) mass is 881 g/mol. The topological polar surface area (TPSA) is 192 Å². The number of pyridine rings is 1.